The van der Waals surface area contributed by atoms with Gasteiger partial charge in [-0.3, -0.25) is 4.68 Å². The fourth-order valence-corrected chi connectivity index (χ4v) is 3.99. The van der Waals surface area contributed by atoms with Crippen LogP contribution in [0.1, 0.15) is 43.1 Å². The van der Waals surface area contributed by atoms with Gasteiger partial charge in [-0.1, -0.05) is 42.4 Å². The average molecular weight is 418 g/mol. The summed E-state index contributed by atoms with van der Waals surface area (Å²) in [6.07, 6.45) is 10.2. The van der Waals surface area contributed by atoms with Crippen LogP contribution in [0.5, 0.6) is 0 Å². The molecule has 0 saturated heterocycles. The van der Waals surface area contributed by atoms with Crippen LogP contribution in [0, 0.1) is 5.92 Å². The highest BCUT2D eigenvalue weighted by Gasteiger charge is 2.44. The van der Waals surface area contributed by atoms with Gasteiger partial charge in [-0.15, -0.1) is 0 Å². The molecule has 0 radical (unpaired) electrons. The number of nitrogens with zero attached hydrogens (tertiary/aromatic N) is 5. The second-order valence-electron chi connectivity index (χ2n) is 8.10. The first kappa shape index (κ1) is 20.6. The van der Waals surface area contributed by atoms with E-state index in [2.05, 4.69) is 40.9 Å². The van der Waals surface area contributed by atoms with Crippen LogP contribution in [-0.4, -0.2) is 26.1 Å². The van der Waals surface area contributed by atoms with Crippen LogP contribution >= 0.6 is 0 Å². The van der Waals surface area contributed by atoms with E-state index in [9.17, 15) is 0 Å². The third-order valence-corrected chi connectivity index (χ3v) is 6.13. The molecule has 8 nitrogen and oxygen atoms in total. The quantitative estimate of drug-likeness (QED) is 0.569. The summed E-state index contributed by atoms with van der Waals surface area (Å²) in [6.45, 7) is 5.78. The number of allylic oxidation sites excluding steroid dienone is 1. The molecule has 31 heavy (non-hydrogen) atoms. The maximum atomic E-state index is 5.78. The van der Waals surface area contributed by atoms with Crippen molar-refractivity contribution >= 4 is 11.8 Å². The molecule has 2 aromatic heterocycles. The van der Waals surface area contributed by atoms with Crippen molar-refractivity contribution in [3.63, 3.8) is 0 Å². The predicted molar refractivity (Wildman–Crippen MR) is 121 cm³/mol. The number of aliphatic imine (C=N–C) groups is 1. The Kier molecular flexibility index (Phi) is 5.46. The topological polar surface area (TPSA) is 121 Å². The highest BCUT2D eigenvalue weighted by Crippen LogP contribution is 2.47. The third kappa shape index (κ3) is 3.88. The van der Waals surface area contributed by atoms with E-state index in [0.29, 0.717) is 17.6 Å². The van der Waals surface area contributed by atoms with Crippen molar-refractivity contribution < 1.29 is 4.52 Å². The fourth-order valence-electron chi connectivity index (χ4n) is 3.99. The van der Waals surface area contributed by atoms with E-state index in [1.165, 1.54) is 12.6 Å². The van der Waals surface area contributed by atoms with Gasteiger partial charge in [0.25, 0.3) is 5.89 Å². The fraction of sp³-hybridized carbons (Fsp3) is 0.304. The van der Waals surface area contributed by atoms with E-state index >= 15 is 0 Å². The van der Waals surface area contributed by atoms with E-state index in [0.717, 1.165) is 35.1 Å². The standard InChI is InChI=1S/C23H27N7O/c1-15(25)26-12-17(11-24)16-7-9-20(10-8-16)23(2,19-5-4-6-19)22-28-21(31-29-22)18-13-27-30(3)14-18/h7-14,19H,1,4-6,24-25H2,2-3H3/b17-11+,26-12?/t23-/m0/s1. The summed E-state index contributed by atoms with van der Waals surface area (Å²) in [5, 5.41) is 8.57. The Morgan fingerprint density at radius 3 is 2.61 bits per heavy atom. The number of aryl methyl sites for hydroxylation is 1. The molecule has 0 unspecified atom stereocenters. The molecule has 0 amide bonds. The minimum atomic E-state index is -0.354. The van der Waals surface area contributed by atoms with Crippen molar-refractivity contribution in [3.05, 3.63) is 72.2 Å². The van der Waals surface area contributed by atoms with Gasteiger partial charge in [0.15, 0.2) is 5.82 Å². The first-order valence-corrected chi connectivity index (χ1v) is 10.3. The van der Waals surface area contributed by atoms with Gasteiger partial charge in [0.1, 0.15) is 5.82 Å². The number of rotatable bonds is 7. The Labute approximate surface area is 181 Å². The minimum Gasteiger partial charge on any atom is -0.404 e. The van der Waals surface area contributed by atoms with E-state index in [-0.39, 0.29) is 11.2 Å². The number of hydrogen-bond acceptors (Lipinski definition) is 7. The number of nitrogens with two attached hydrogens (primary N) is 2. The molecule has 1 aliphatic rings. The van der Waals surface area contributed by atoms with Gasteiger partial charge in [-0.25, -0.2) is 4.99 Å². The Morgan fingerprint density at radius 1 is 1.32 bits per heavy atom. The lowest BCUT2D eigenvalue weighted by atomic mass is 9.62. The minimum absolute atomic E-state index is 0.232. The van der Waals surface area contributed by atoms with Gasteiger partial charge < -0.3 is 16.0 Å². The first-order chi connectivity index (χ1) is 14.9. The summed E-state index contributed by atoms with van der Waals surface area (Å²) in [5.74, 6) is 1.86. The van der Waals surface area contributed by atoms with E-state index in [1.54, 1.807) is 17.1 Å². The molecule has 1 aliphatic carbocycles. The van der Waals surface area contributed by atoms with Crippen LogP contribution in [0.2, 0.25) is 0 Å². The molecule has 4 rings (SSSR count). The van der Waals surface area contributed by atoms with Gasteiger partial charge in [0.2, 0.25) is 0 Å². The molecule has 160 valence electrons. The van der Waals surface area contributed by atoms with Crippen molar-refractivity contribution in [3.8, 4) is 11.5 Å². The maximum Gasteiger partial charge on any atom is 0.261 e. The van der Waals surface area contributed by atoms with Crippen LogP contribution in [0.15, 0.2) is 64.8 Å². The van der Waals surface area contributed by atoms with Crippen LogP contribution in [-0.2, 0) is 12.5 Å². The molecule has 1 saturated carbocycles. The smallest absolute Gasteiger partial charge is 0.261 e. The molecule has 0 spiro atoms. The Balaban J connectivity index is 1.68. The normalized spacial score (nSPS) is 16.9. The molecular weight excluding hydrogens is 390 g/mol. The van der Waals surface area contributed by atoms with Gasteiger partial charge >= 0.3 is 0 Å². The number of benzene rings is 1. The lowest BCUT2D eigenvalue weighted by Crippen LogP contribution is -2.38. The van der Waals surface area contributed by atoms with E-state index in [1.807, 2.05) is 25.4 Å². The van der Waals surface area contributed by atoms with Gasteiger partial charge in [-0.05, 0) is 36.8 Å². The van der Waals surface area contributed by atoms with Crippen LogP contribution < -0.4 is 11.5 Å². The molecule has 3 aromatic rings. The molecule has 4 N–H and O–H groups in total. The highest BCUT2D eigenvalue weighted by atomic mass is 16.5. The van der Waals surface area contributed by atoms with Crippen LogP contribution in [0.3, 0.4) is 0 Å². The second-order valence-corrected chi connectivity index (χ2v) is 8.10. The van der Waals surface area contributed by atoms with Crippen LogP contribution in [0.25, 0.3) is 17.0 Å². The van der Waals surface area contributed by atoms with E-state index in [4.69, 9.17) is 21.0 Å². The van der Waals surface area contributed by atoms with Gasteiger partial charge in [0, 0.05) is 31.2 Å². The molecule has 0 bridgehead atoms. The molecule has 0 aliphatic heterocycles. The van der Waals surface area contributed by atoms with Gasteiger partial charge in [0.05, 0.1) is 17.2 Å². The molecule has 1 aromatic carbocycles. The SMILES string of the molecule is C=C(N)N=C/C(=C\N)c1ccc([C@@](C)(c2noc(-c3cnn(C)c3)n2)C2CCC2)cc1. The number of hydrogen-bond donors (Lipinski definition) is 2. The lowest BCUT2D eigenvalue weighted by molar-refractivity contribution is 0.199. The molecular formula is C23H27N7O. The van der Waals surface area contributed by atoms with Crippen molar-refractivity contribution in [1.82, 2.24) is 19.9 Å². The van der Waals surface area contributed by atoms with Crippen LogP contribution in [0.4, 0.5) is 0 Å². The van der Waals surface area contributed by atoms with Gasteiger partial charge in [-0.2, -0.15) is 10.1 Å². The first-order valence-electron chi connectivity index (χ1n) is 10.3. The molecule has 2 heterocycles. The van der Waals surface area contributed by atoms with Crippen molar-refractivity contribution in [2.24, 2.45) is 29.4 Å². The maximum absolute atomic E-state index is 5.78. The predicted octanol–water partition coefficient (Wildman–Crippen LogP) is 3.38. The lowest BCUT2D eigenvalue weighted by Gasteiger charge is -2.41. The summed E-state index contributed by atoms with van der Waals surface area (Å²) in [5.41, 5.74) is 14.6. The molecule has 1 fully saturated rings. The summed E-state index contributed by atoms with van der Waals surface area (Å²) in [7, 11) is 1.86. The zero-order valence-corrected chi connectivity index (χ0v) is 17.8. The largest absolute Gasteiger partial charge is 0.404 e. The van der Waals surface area contributed by atoms with E-state index < -0.39 is 0 Å². The summed E-state index contributed by atoms with van der Waals surface area (Å²) in [4.78, 5) is 8.81. The zero-order valence-electron chi connectivity index (χ0n) is 17.8. The monoisotopic (exact) mass is 417 g/mol. The van der Waals surface area contributed by atoms with Crippen molar-refractivity contribution in [2.45, 2.75) is 31.6 Å². The average Bonchev–Trinajstić information content (AvgIpc) is 3.36. The Morgan fingerprint density at radius 2 is 2.06 bits per heavy atom. The summed E-state index contributed by atoms with van der Waals surface area (Å²) in [6, 6.07) is 8.25. The van der Waals surface area contributed by atoms with Crippen molar-refractivity contribution in [1.29, 1.82) is 0 Å². The molecule has 1 atom stereocenters. The Bertz CT molecular complexity index is 1130. The zero-order chi connectivity index (χ0) is 22.0. The molecule has 8 heteroatoms. The highest BCUT2D eigenvalue weighted by molar-refractivity contribution is 6.09. The second kappa shape index (κ2) is 8.22. The van der Waals surface area contributed by atoms with Crippen molar-refractivity contribution in [2.75, 3.05) is 0 Å². The summed E-state index contributed by atoms with van der Waals surface area (Å²) < 4.78 is 7.32. The third-order valence-electron chi connectivity index (χ3n) is 6.13. The number of aromatic nitrogens is 4. The summed E-state index contributed by atoms with van der Waals surface area (Å²) >= 11 is 0. The Hall–Kier alpha value is -3.68.